The highest BCUT2D eigenvalue weighted by Crippen LogP contribution is 2.25. The van der Waals surface area contributed by atoms with Gasteiger partial charge in [0, 0.05) is 10.7 Å². The average Bonchev–Trinajstić information content (AvgIpc) is 2.86. The van der Waals surface area contributed by atoms with Gasteiger partial charge in [-0.25, -0.2) is 13.4 Å². The number of nitrogens with one attached hydrogen (secondary N) is 1. The number of sulfone groups is 1. The molecule has 3 rings (SSSR count). The van der Waals surface area contributed by atoms with Crippen molar-refractivity contribution in [3.05, 3.63) is 52.5 Å². The van der Waals surface area contributed by atoms with E-state index in [0.29, 0.717) is 10.7 Å². The van der Waals surface area contributed by atoms with Gasteiger partial charge in [-0.3, -0.25) is 4.79 Å². The molecule has 3 aromatic rings. The molecule has 0 saturated carbocycles. The second-order valence-electron chi connectivity index (χ2n) is 5.18. The Morgan fingerprint density at radius 1 is 1.21 bits per heavy atom. The van der Waals surface area contributed by atoms with E-state index < -0.39 is 21.5 Å². The van der Waals surface area contributed by atoms with Crippen LogP contribution in [0.3, 0.4) is 0 Å². The first-order valence-electron chi connectivity index (χ1n) is 6.99. The highest BCUT2D eigenvalue weighted by molar-refractivity contribution is 7.92. The molecule has 0 aliphatic heterocycles. The molecule has 0 saturated heterocycles. The van der Waals surface area contributed by atoms with Crippen molar-refractivity contribution in [1.82, 2.24) is 4.98 Å². The molecule has 5 nitrogen and oxygen atoms in total. The Balaban J connectivity index is 1.75. The summed E-state index contributed by atoms with van der Waals surface area (Å²) in [6.45, 7) is 1.90. The monoisotopic (exact) mass is 380 g/mol. The van der Waals surface area contributed by atoms with Gasteiger partial charge in [0.25, 0.3) is 0 Å². The molecule has 8 heteroatoms. The largest absolute Gasteiger partial charge is 0.325 e. The molecule has 1 heterocycles. The molecule has 0 spiro atoms. The smallest absolute Gasteiger partial charge is 0.239 e. The maximum Gasteiger partial charge on any atom is 0.239 e. The summed E-state index contributed by atoms with van der Waals surface area (Å²) >= 11 is 7.26. The quantitative estimate of drug-likeness (QED) is 0.749. The number of carbonyl (C=O) groups excluding carboxylic acids is 1. The fourth-order valence-corrected chi connectivity index (χ4v) is 4.34. The van der Waals surface area contributed by atoms with E-state index >= 15 is 0 Å². The first-order valence-corrected chi connectivity index (χ1v) is 9.83. The molecule has 24 heavy (non-hydrogen) atoms. The molecule has 0 aliphatic rings. The molecule has 2 aromatic carbocycles. The predicted octanol–water partition coefficient (Wildman–Crippen LogP) is 3.67. The van der Waals surface area contributed by atoms with Crippen LogP contribution in [0, 0.1) is 6.92 Å². The zero-order chi connectivity index (χ0) is 17.3. The van der Waals surface area contributed by atoms with Crippen molar-refractivity contribution in [1.29, 1.82) is 0 Å². The fraction of sp³-hybridized carbons (Fsp3) is 0.125. The number of aryl methyl sites for hydroxylation is 1. The van der Waals surface area contributed by atoms with Gasteiger partial charge in [-0.2, -0.15) is 0 Å². The van der Waals surface area contributed by atoms with Crippen LogP contribution in [-0.4, -0.2) is 25.1 Å². The summed E-state index contributed by atoms with van der Waals surface area (Å²) in [7, 11) is -3.72. The number of rotatable bonds is 4. The van der Waals surface area contributed by atoms with Crippen LogP contribution < -0.4 is 5.32 Å². The lowest BCUT2D eigenvalue weighted by atomic mass is 10.3. The van der Waals surface area contributed by atoms with E-state index in [0.717, 1.165) is 15.2 Å². The molecule has 0 radical (unpaired) electrons. The van der Waals surface area contributed by atoms with E-state index in [9.17, 15) is 13.2 Å². The first-order chi connectivity index (χ1) is 11.3. The molecule has 1 N–H and O–H groups in total. The first kappa shape index (κ1) is 16.9. The van der Waals surface area contributed by atoms with Crippen molar-refractivity contribution >= 4 is 54.6 Å². The summed E-state index contributed by atoms with van der Waals surface area (Å²) in [4.78, 5) is 16.5. The van der Waals surface area contributed by atoms with Gasteiger partial charge in [0.2, 0.25) is 5.91 Å². The van der Waals surface area contributed by atoms with Crippen molar-refractivity contribution in [2.24, 2.45) is 0 Å². The third-order valence-electron chi connectivity index (χ3n) is 3.27. The number of halogens is 1. The molecular formula is C16H13ClN2O3S2. The van der Waals surface area contributed by atoms with Crippen LogP contribution in [0.4, 0.5) is 5.69 Å². The van der Waals surface area contributed by atoms with Crippen LogP contribution in [0.25, 0.3) is 10.2 Å². The lowest BCUT2D eigenvalue weighted by Gasteiger charge is -2.07. The standard InChI is InChI=1S/C16H13ClN2O3S2/c1-10-18-14-7-4-12(8-15(14)23-10)19-16(20)9-24(21,22)13-5-2-11(17)3-6-13/h2-8H,9H2,1H3,(H,19,20). The number of hydrogen-bond acceptors (Lipinski definition) is 5. The molecule has 1 amide bonds. The maximum absolute atomic E-state index is 12.2. The van der Waals surface area contributed by atoms with E-state index in [1.165, 1.54) is 35.6 Å². The van der Waals surface area contributed by atoms with Crippen molar-refractivity contribution in [3.63, 3.8) is 0 Å². The SMILES string of the molecule is Cc1nc2ccc(NC(=O)CS(=O)(=O)c3ccc(Cl)cc3)cc2s1. The van der Waals surface area contributed by atoms with Gasteiger partial charge in [-0.1, -0.05) is 11.6 Å². The highest BCUT2D eigenvalue weighted by Gasteiger charge is 2.19. The van der Waals surface area contributed by atoms with E-state index in [1.54, 1.807) is 18.2 Å². The summed E-state index contributed by atoms with van der Waals surface area (Å²) in [6.07, 6.45) is 0. The van der Waals surface area contributed by atoms with Crippen LogP contribution >= 0.6 is 22.9 Å². The second-order valence-corrected chi connectivity index (χ2v) is 8.84. The van der Waals surface area contributed by atoms with Crippen LogP contribution in [0.5, 0.6) is 0 Å². The Bertz CT molecular complexity index is 1010. The molecule has 124 valence electrons. The molecule has 1 aromatic heterocycles. The molecule has 0 aliphatic carbocycles. The van der Waals surface area contributed by atoms with E-state index in [1.807, 2.05) is 6.92 Å². The average molecular weight is 381 g/mol. The normalized spacial score (nSPS) is 11.6. The van der Waals surface area contributed by atoms with Gasteiger partial charge in [-0.15, -0.1) is 11.3 Å². The number of thiazole rings is 1. The van der Waals surface area contributed by atoms with Gasteiger partial charge in [0.05, 0.1) is 20.1 Å². The van der Waals surface area contributed by atoms with Gasteiger partial charge in [0.1, 0.15) is 5.75 Å². The van der Waals surface area contributed by atoms with Crippen molar-refractivity contribution in [2.75, 3.05) is 11.1 Å². The van der Waals surface area contributed by atoms with E-state index in [-0.39, 0.29) is 4.90 Å². The Kier molecular flexibility index (Phi) is 4.58. The Morgan fingerprint density at radius 2 is 1.92 bits per heavy atom. The van der Waals surface area contributed by atoms with Gasteiger partial charge < -0.3 is 5.32 Å². The lowest BCUT2D eigenvalue weighted by molar-refractivity contribution is -0.113. The Hall–Kier alpha value is -1.96. The van der Waals surface area contributed by atoms with Crippen LogP contribution in [0.15, 0.2) is 47.4 Å². The highest BCUT2D eigenvalue weighted by atomic mass is 35.5. The third-order valence-corrected chi connectivity index (χ3v) is 6.09. The number of aromatic nitrogens is 1. The number of anilines is 1. The fourth-order valence-electron chi connectivity index (χ4n) is 2.21. The molecular weight excluding hydrogens is 368 g/mol. The minimum absolute atomic E-state index is 0.0654. The lowest BCUT2D eigenvalue weighted by Crippen LogP contribution is -2.22. The van der Waals surface area contributed by atoms with Crippen molar-refractivity contribution in [3.8, 4) is 0 Å². The van der Waals surface area contributed by atoms with Gasteiger partial charge in [0.15, 0.2) is 9.84 Å². The topological polar surface area (TPSA) is 76.1 Å². The summed E-state index contributed by atoms with van der Waals surface area (Å²) in [6, 6.07) is 11.0. The number of carbonyl (C=O) groups is 1. The molecule has 0 atom stereocenters. The second kappa shape index (κ2) is 6.51. The Morgan fingerprint density at radius 3 is 2.62 bits per heavy atom. The van der Waals surface area contributed by atoms with E-state index in [2.05, 4.69) is 10.3 Å². The number of benzene rings is 2. The number of hydrogen-bond donors (Lipinski definition) is 1. The van der Waals surface area contributed by atoms with Gasteiger partial charge >= 0.3 is 0 Å². The maximum atomic E-state index is 12.2. The number of amides is 1. The molecule has 0 unspecified atom stereocenters. The molecule has 0 fully saturated rings. The zero-order valence-electron chi connectivity index (χ0n) is 12.6. The van der Waals surface area contributed by atoms with Gasteiger partial charge in [-0.05, 0) is 49.4 Å². The summed E-state index contributed by atoms with van der Waals surface area (Å²) in [5.41, 5.74) is 1.40. The zero-order valence-corrected chi connectivity index (χ0v) is 15.0. The summed E-state index contributed by atoms with van der Waals surface area (Å²) in [5.74, 6) is -1.22. The summed E-state index contributed by atoms with van der Waals surface area (Å²) in [5, 5.41) is 3.98. The van der Waals surface area contributed by atoms with Crippen LogP contribution in [-0.2, 0) is 14.6 Å². The minimum atomic E-state index is -3.72. The third kappa shape index (κ3) is 3.75. The van der Waals surface area contributed by atoms with E-state index in [4.69, 9.17) is 11.6 Å². The summed E-state index contributed by atoms with van der Waals surface area (Å²) < 4.78 is 25.4. The number of fused-ring (bicyclic) bond motifs is 1. The van der Waals surface area contributed by atoms with Crippen molar-refractivity contribution < 1.29 is 13.2 Å². The Labute approximate surface area is 148 Å². The minimum Gasteiger partial charge on any atom is -0.325 e. The van der Waals surface area contributed by atoms with Crippen LogP contribution in [0.1, 0.15) is 5.01 Å². The predicted molar refractivity (Wildman–Crippen MR) is 96.5 cm³/mol. The van der Waals surface area contributed by atoms with Crippen molar-refractivity contribution in [2.45, 2.75) is 11.8 Å². The number of nitrogens with zero attached hydrogens (tertiary/aromatic N) is 1. The van der Waals surface area contributed by atoms with Crippen LogP contribution in [0.2, 0.25) is 5.02 Å². The molecule has 0 bridgehead atoms.